The number of carbonyl (C=O) groups is 3. The molecule has 0 saturated heterocycles. The van der Waals surface area contributed by atoms with Crippen molar-refractivity contribution < 1.29 is 24.6 Å². The molecule has 0 aromatic rings. The molecule has 0 aliphatic heterocycles. The number of aliphatic carboxylic acids is 2. The summed E-state index contributed by atoms with van der Waals surface area (Å²) in [5, 5.41) is 17.3. The number of hydrogen-bond donors (Lipinski definition) is 2. The van der Waals surface area contributed by atoms with Crippen LogP contribution in [0.4, 0.5) is 4.79 Å². The Morgan fingerprint density at radius 2 is 1.39 bits per heavy atom. The Kier molecular flexibility index (Phi) is 5.61. The fourth-order valence-electron chi connectivity index (χ4n) is 1.54. The molecule has 0 rings (SSSR count). The van der Waals surface area contributed by atoms with Crippen molar-refractivity contribution in [1.82, 2.24) is 9.80 Å². The van der Waals surface area contributed by atoms with Crippen molar-refractivity contribution in [2.75, 3.05) is 26.7 Å². The van der Waals surface area contributed by atoms with Crippen LogP contribution in [0.3, 0.4) is 0 Å². The number of nitrogens with zero attached hydrogens (tertiary/aromatic N) is 2. The van der Waals surface area contributed by atoms with Crippen LogP contribution in [0.1, 0.15) is 20.8 Å². The number of carboxylic acids is 2. The molecule has 0 saturated carbocycles. The van der Waals surface area contributed by atoms with Gasteiger partial charge in [-0.15, -0.1) is 0 Å². The zero-order valence-corrected chi connectivity index (χ0v) is 11.1. The molecule has 0 bridgehead atoms. The van der Waals surface area contributed by atoms with Crippen LogP contribution >= 0.6 is 0 Å². The molecule has 0 atom stereocenters. The second kappa shape index (κ2) is 6.23. The summed E-state index contributed by atoms with van der Waals surface area (Å²) >= 11 is 0. The maximum absolute atomic E-state index is 11.9. The van der Waals surface area contributed by atoms with Crippen molar-refractivity contribution in [3.63, 3.8) is 0 Å². The first kappa shape index (κ1) is 16.2. The average Bonchev–Trinajstić information content (AvgIpc) is 2.11. The predicted molar refractivity (Wildman–Crippen MR) is 64.3 cm³/mol. The Bertz CT molecular complexity index is 319. The Morgan fingerprint density at radius 3 is 1.67 bits per heavy atom. The van der Waals surface area contributed by atoms with Crippen LogP contribution in [0.25, 0.3) is 0 Å². The highest BCUT2D eigenvalue weighted by atomic mass is 16.4. The monoisotopic (exact) mass is 260 g/mol. The maximum Gasteiger partial charge on any atom is 0.323 e. The molecule has 0 aromatic heterocycles. The Hall–Kier alpha value is -1.79. The smallest absolute Gasteiger partial charge is 0.323 e. The molecule has 7 nitrogen and oxygen atoms in total. The largest absolute Gasteiger partial charge is 0.480 e. The number of carbonyl (C=O) groups excluding carboxylic acids is 1. The first-order valence-corrected chi connectivity index (χ1v) is 5.46. The van der Waals surface area contributed by atoms with Crippen molar-refractivity contribution in [2.24, 2.45) is 5.41 Å². The summed E-state index contributed by atoms with van der Waals surface area (Å²) in [7, 11) is 1.52. The van der Waals surface area contributed by atoms with E-state index < -0.39 is 31.1 Å². The van der Waals surface area contributed by atoms with Crippen LogP contribution in [0.15, 0.2) is 0 Å². The van der Waals surface area contributed by atoms with Crippen molar-refractivity contribution in [3.8, 4) is 0 Å². The summed E-state index contributed by atoms with van der Waals surface area (Å²) < 4.78 is 0. The molecule has 2 amide bonds. The van der Waals surface area contributed by atoms with E-state index >= 15 is 0 Å². The zero-order valence-electron chi connectivity index (χ0n) is 11.1. The van der Waals surface area contributed by atoms with E-state index in [1.165, 1.54) is 11.9 Å². The van der Waals surface area contributed by atoms with Gasteiger partial charge in [-0.3, -0.25) is 9.59 Å². The highest BCUT2D eigenvalue weighted by Crippen LogP contribution is 2.15. The first-order valence-electron chi connectivity index (χ1n) is 5.46. The maximum atomic E-state index is 11.9. The fraction of sp³-hybridized carbons (Fsp3) is 0.727. The number of amides is 2. The molecular formula is C11H20N2O5. The molecule has 0 spiro atoms. The highest BCUT2D eigenvalue weighted by molar-refractivity contribution is 5.84. The molecule has 0 fully saturated rings. The summed E-state index contributed by atoms with van der Waals surface area (Å²) in [5.74, 6) is -2.48. The lowest BCUT2D eigenvalue weighted by molar-refractivity contribution is -0.140. The lowest BCUT2D eigenvalue weighted by Gasteiger charge is -2.30. The molecule has 0 unspecified atom stereocenters. The minimum absolute atomic E-state index is 0.150. The molecule has 2 N–H and O–H groups in total. The third-order valence-corrected chi connectivity index (χ3v) is 1.96. The summed E-state index contributed by atoms with van der Waals surface area (Å²) in [6.45, 7) is 4.93. The molecule has 0 aliphatic carbocycles. The lowest BCUT2D eigenvalue weighted by atomic mass is 9.96. The van der Waals surface area contributed by atoms with E-state index in [1.54, 1.807) is 0 Å². The Balaban J connectivity index is 4.73. The number of hydrogen-bond acceptors (Lipinski definition) is 3. The van der Waals surface area contributed by atoms with Gasteiger partial charge < -0.3 is 20.0 Å². The SMILES string of the molecule is CN(CC(C)(C)C)C(=O)N(CC(=O)O)CC(=O)O. The Morgan fingerprint density at radius 1 is 1.00 bits per heavy atom. The highest BCUT2D eigenvalue weighted by Gasteiger charge is 2.25. The fourth-order valence-corrected chi connectivity index (χ4v) is 1.54. The van der Waals surface area contributed by atoms with Crippen LogP contribution in [-0.2, 0) is 9.59 Å². The third-order valence-electron chi connectivity index (χ3n) is 1.96. The van der Waals surface area contributed by atoms with Gasteiger partial charge in [-0.1, -0.05) is 20.8 Å². The minimum atomic E-state index is -1.24. The summed E-state index contributed by atoms with van der Waals surface area (Å²) in [5.41, 5.74) is -0.150. The molecule has 0 heterocycles. The summed E-state index contributed by atoms with van der Waals surface area (Å²) in [4.78, 5) is 35.2. The molecule has 18 heavy (non-hydrogen) atoms. The molecule has 0 radical (unpaired) electrons. The second-order valence-electron chi connectivity index (χ2n) is 5.34. The van der Waals surface area contributed by atoms with Crippen LogP contribution in [-0.4, -0.2) is 64.7 Å². The van der Waals surface area contributed by atoms with Gasteiger partial charge in [-0.25, -0.2) is 4.79 Å². The van der Waals surface area contributed by atoms with Gasteiger partial charge in [0.05, 0.1) is 0 Å². The van der Waals surface area contributed by atoms with E-state index in [-0.39, 0.29) is 5.41 Å². The van der Waals surface area contributed by atoms with Crippen molar-refractivity contribution in [3.05, 3.63) is 0 Å². The van der Waals surface area contributed by atoms with E-state index in [0.29, 0.717) is 6.54 Å². The molecule has 0 aromatic carbocycles. The quantitative estimate of drug-likeness (QED) is 0.752. The normalized spacial score (nSPS) is 10.9. The van der Waals surface area contributed by atoms with Gasteiger partial charge in [0.2, 0.25) is 0 Å². The number of urea groups is 1. The van der Waals surface area contributed by atoms with Crippen molar-refractivity contribution >= 4 is 18.0 Å². The van der Waals surface area contributed by atoms with Gasteiger partial charge in [-0.2, -0.15) is 0 Å². The van der Waals surface area contributed by atoms with Crippen LogP contribution in [0.5, 0.6) is 0 Å². The van der Waals surface area contributed by atoms with Crippen molar-refractivity contribution in [1.29, 1.82) is 0 Å². The van der Waals surface area contributed by atoms with E-state index in [4.69, 9.17) is 10.2 Å². The zero-order chi connectivity index (χ0) is 14.5. The van der Waals surface area contributed by atoms with Crippen molar-refractivity contribution in [2.45, 2.75) is 20.8 Å². The van der Waals surface area contributed by atoms with Crippen LogP contribution in [0.2, 0.25) is 0 Å². The molecule has 104 valence electrons. The van der Waals surface area contributed by atoms with Crippen LogP contribution in [0, 0.1) is 5.41 Å². The van der Waals surface area contributed by atoms with Gasteiger partial charge in [0, 0.05) is 13.6 Å². The first-order chi connectivity index (χ1) is 8.03. The average molecular weight is 260 g/mol. The van der Waals surface area contributed by atoms with E-state index in [9.17, 15) is 14.4 Å². The van der Waals surface area contributed by atoms with E-state index in [2.05, 4.69) is 0 Å². The minimum Gasteiger partial charge on any atom is -0.480 e. The van der Waals surface area contributed by atoms with E-state index in [1.807, 2.05) is 20.8 Å². The lowest BCUT2D eigenvalue weighted by Crippen LogP contribution is -2.47. The second-order valence-corrected chi connectivity index (χ2v) is 5.34. The van der Waals surface area contributed by atoms with Gasteiger partial charge in [0.1, 0.15) is 13.1 Å². The molecule has 7 heteroatoms. The molecule has 0 aliphatic rings. The van der Waals surface area contributed by atoms with Crippen LogP contribution < -0.4 is 0 Å². The third kappa shape index (κ3) is 6.72. The number of carboxylic acid groups (broad SMARTS) is 2. The van der Waals surface area contributed by atoms with Gasteiger partial charge in [-0.05, 0) is 5.41 Å². The van der Waals surface area contributed by atoms with Gasteiger partial charge in [0.25, 0.3) is 0 Å². The Labute approximate surface area is 106 Å². The van der Waals surface area contributed by atoms with Gasteiger partial charge >= 0.3 is 18.0 Å². The van der Waals surface area contributed by atoms with E-state index in [0.717, 1.165) is 4.90 Å². The van der Waals surface area contributed by atoms with Gasteiger partial charge in [0.15, 0.2) is 0 Å². The topological polar surface area (TPSA) is 98.2 Å². The standard InChI is InChI=1S/C11H20N2O5/c1-11(2,3)7-12(4)10(18)13(5-8(14)15)6-9(16)17/h5-7H2,1-4H3,(H,14,15)(H,16,17). The number of rotatable bonds is 5. The summed E-state index contributed by atoms with van der Waals surface area (Å²) in [6.07, 6.45) is 0. The summed E-state index contributed by atoms with van der Waals surface area (Å²) in [6, 6.07) is -0.602. The predicted octanol–water partition coefficient (Wildman–Crippen LogP) is 0.556. The molecular weight excluding hydrogens is 240 g/mol.